The van der Waals surface area contributed by atoms with Gasteiger partial charge in [-0.1, -0.05) is 12.1 Å². The zero-order valence-electron chi connectivity index (χ0n) is 14.8. The van der Waals surface area contributed by atoms with E-state index in [0.29, 0.717) is 11.4 Å². The van der Waals surface area contributed by atoms with Gasteiger partial charge >= 0.3 is 0 Å². The van der Waals surface area contributed by atoms with Gasteiger partial charge in [-0.25, -0.2) is 4.98 Å². The average Bonchev–Trinajstić information content (AvgIpc) is 2.51. The SMILES string of the molecule is Cc1cc(C)c(C#N)c(N(C)CC(=O)Nc2cccc(C)c2C)n1. The first-order chi connectivity index (χ1) is 11.3. The topological polar surface area (TPSA) is 69.0 Å². The van der Waals surface area contributed by atoms with E-state index in [1.165, 1.54) is 0 Å². The van der Waals surface area contributed by atoms with Crippen LogP contribution in [0.25, 0.3) is 0 Å². The average molecular weight is 322 g/mol. The first kappa shape index (κ1) is 17.5. The van der Waals surface area contributed by atoms with Gasteiger partial charge in [-0.15, -0.1) is 0 Å². The van der Waals surface area contributed by atoms with Crippen LogP contribution in [-0.2, 0) is 4.79 Å². The van der Waals surface area contributed by atoms with Crippen LogP contribution in [0.3, 0.4) is 0 Å². The molecule has 124 valence electrons. The van der Waals surface area contributed by atoms with E-state index in [2.05, 4.69) is 16.4 Å². The van der Waals surface area contributed by atoms with Crippen molar-refractivity contribution in [3.63, 3.8) is 0 Å². The van der Waals surface area contributed by atoms with Crippen LogP contribution in [0.1, 0.15) is 27.9 Å². The number of carbonyl (C=O) groups is 1. The van der Waals surface area contributed by atoms with E-state index in [0.717, 1.165) is 28.1 Å². The summed E-state index contributed by atoms with van der Waals surface area (Å²) < 4.78 is 0. The second kappa shape index (κ2) is 7.14. The lowest BCUT2D eigenvalue weighted by Crippen LogP contribution is -2.31. The van der Waals surface area contributed by atoms with Crippen LogP contribution in [0.2, 0.25) is 0 Å². The maximum atomic E-state index is 12.4. The third kappa shape index (κ3) is 3.72. The maximum absolute atomic E-state index is 12.4. The number of rotatable bonds is 4. The molecule has 1 N–H and O–H groups in total. The summed E-state index contributed by atoms with van der Waals surface area (Å²) in [7, 11) is 1.77. The second-order valence-electron chi connectivity index (χ2n) is 6.04. The molecule has 2 aromatic rings. The van der Waals surface area contributed by atoms with Crippen LogP contribution in [0.5, 0.6) is 0 Å². The van der Waals surface area contributed by atoms with Gasteiger partial charge in [0.15, 0.2) is 0 Å². The summed E-state index contributed by atoms with van der Waals surface area (Å²) in [6.07, 6.45) is 0. The molecule has 1 aromatic carbocycles. The lowest BCUT2D eigenvalue weighted by atomic mass is 10.1. The number of nitrogens with one attached hydrogen (secondary N) is 1. The van der Waals surface area contributed by atoms with Crippen molar-refractivity contribution >= 4 is 17.4 Å². The van der Waals surface area contributed by atoms with E-state index >= 15 is 0 Å². The molecule has 0 fully saturated rings. The number of likely N-dealkylation sites (N-methyl/N-ethyl adjacent to an activating group) is 1. The van der Waals surface area contributed by atoms with Gasteiger partial charge in [0.05, 0.1) is 12.1 Å². The molecule has 1 amide bonds. The molecule has 0 radical (unpaired) electrons. The summed E-state index contributed by atoms with van der Waals surface area (Å²) in [6, 6.07) is 9.85. The number of pyridine rings is 1. The molecule has 1 heterocycles. The van der Waals surface area contributed by atoms with Gasteiger partial charge in [0.1, 0.15) is 11.9 Å². The fourth-order valence-corrected chi connectivity index (χ4v) is 2.60. The van der Waals surface area contributed by atoms with Gasteiger partial charge in [0.2, 0.25) is 5.91 Å². The largest absolute Gasteiger partial charge is 0.349 e. The van der Waals surface area contributed by atoms with Gasteiger partial charge in [-0.2, -0.15) is 5.26 Å². The van der Waals surface area contributed by atoms with E-state index < -0.39 is 0 Å². The number of amides is 1. The Morgan fingerprint density at radius 2 is 1.96 bits per heavy atom. The second-order valence-corrected chi connectivity index (χ2v) is 6.04. The minimum absolute atomic E-state index is 0.123. The molecule has 5 heteroatoms. The van der Waals surface area contributed by atoms with Crippen molar-refractivity contribution in [1.29, 1.82) is 5.26 Å². The Bertz CT molecular complexity index is 821. The summed E-state index contributed by atoms with van der Waals surface area (Å²) in [5.74, 6) is 0.391. The molecule has 2 rings (SSSR count). The van der Waals surface area contributed by atoms with Crippen LogP contribution in [0, 0.1) is 39.0 Å². The molecule has 0 atom stereocenters. The lowest BCUT2D eigenvalue weighted by molar-refractivity contribution is -0.114. The normalized spacial score (nSPS) is 10.2. The zero-order valence-corrected chi connectivity index (χ0v) is 14.8. The Morgan fingerprint density at radius 3 is 2.62 bits per heavy atom. The smallest absolute Gasteiger partial charge is 0.243 e. The van der Waals surface area contributed by atoms with Gasteiger partial charge < -0.3 is 10.2 Å². The molecule has 0 aliphatic heterocycles. The van der Waals surface area contributed by atoms with Crippen molar-refractivity contribution in [2.24, 2.45) is 0 Å². The number of nitriles is 1. The van der Waals surface area contributed by atoms with Gasteiger partial charge in [-0.05, 0) is 56.5 Å². The van der Waals surface area contributed by atoms with Crippen LogP contribution in [0.4, 0.5) is 11.5 Å². The van der Waals surface area contributed by atoms with E-state index in [-0.39, 0.29) is 12.5 Å². The molecule has 24 heavy (non-hydrogen) atoms. The monoisotopic (exact) mass is 322 g/mol. The molecule has 0 aliphatic carbocycles. The number of carbonyl (C=O) groups excluding carboxylic acids is 1. The highest BCUT2D eigenvalue weighted by molar-refractivity contribution is 5.94. The minimum atomic E-state index is -0.143. The van der Waals surface area contributed by atoms with Gasteiger partial charge in [0, 0.05) is 18.4 Å². The summed E-state index contributed by atoms with van der Waals surface area (Å²) in [6.45, 7) is 7.87. The molecule has 0 unspecified atom stereocenters. The first-order valence-electron chi connectivity index (χ1n) is 7.79. The van der Waals surface area contributed by atoms with E-state index in [9.17, 15) is 10.1 Å². The van der Waals surface area contributed by atoms with Crippen molar-refractivity contribution in [2.75, 3.05) is 23.8 Å². The Labute approximate surface area is 142 Å². The molecule has 0 saturated heterocycles. The third-order valence-electron chi connectivity index (χ3n) is 4.06. The Balaban J connectivity index is 2.18. The van der Waals surface area contributed by atoms with Gasteiger partial charge in [-0.3, -0.25) is 4.79 Å². The quantitative estimate of drug-likeness (QED) is 0.938. The van der Waals surface area contributed by atoms with Crippen molar-refractivity contribution in [2.45, 2.75) is 27.7 Å². The van der Waals surface area contributed by atoms with E-state index in [1.54, 1.807) is 11.9 Å². The Hall–Kier alpha value is -2.87. The number of aryl methyl sites for hydroxylation is 3. The highest BCUT2D eigenvalue weighted by Gasteiger charge is 2.16. The van der Waals surface area contributed by atoms with Crippen molar-refractivity contribution in [3.8, 4) is 6.07 Å². The summed E-state index contributed by atoms with van der Waals surface area (Å²) in [4.78, 5) is 18.5. The number of anilines is 2. The van der Waals surface area contributed by atoms with Gasteiger partial charge in [0.25, 0.3) is 0 Å². The predicted molar refractivity (Wildman–Crippen MR) is 96.2 cm³/mol. The summed E-state index contributed by atoms with van der Waals surface area (Å²) in [5, 5.41) is 12.3. The van der Waals surface area contributed by atoms with Crippen LogP contribution >= 0.6 is 0 Å². The molecule has 0 spiro atoms. The number of nitrogens with zero attached hydrogens (tertiary/aromatic N) is 3. The summed E-state index contributed by atoms with van der Waals surface area (Å²) >= 11 is 0. The van der Waals surface area contributed by atoms with Crippen molar-refractivity contribution in [3.05, 3.63) is 52.2 Å². The van der Waals surface area contributed by atoms with Crippen LogP contribution in [-0.4, -0.2) is 24.5 Å². The third-order valence-corrected chi connectivity index (χ3v) is 4.06. The lowest BCUT2D eigenvalue weighted by Gasteiger charge is -2.20. The van der Waals surface area contributed by atoms with E-state index in [4.69, 9.17) is 0 Å². The fraction of sp³-hybridized carbons (Fsp3) is 0.316. The molecule has 5 nitrogen and oxygen atoms in total. The van der Waals surface area contributed by atoms with E-state index in [1.807, 2.05) is 52.0 Å². The first-order valence-corrected chi connectivity index (χ1v) is 7.79. The predicted octanol–water partition coefficient (Wildman–Crippen LogP) is 3.26. The zero-order chi connectivity index (χ0) is 17.9. The number of hydrogen-bond acceptors (Lipinski definition) is 4. The number of hydrogen-bond donors (Lipinski definition) is 1. The number of benzene rings is 1. The highest BCUT2D eigenvalue weighted by atomic mass is 16.2. The maximum Gasteiger partial charge on any atom is 0.243 e. The molecule has 0 bridgehead atoms. The summed E-state index contributed by atoms with van der Waals surface area (Å²) in [5.41, 5.74) is 5.18. The molecule has 1 aromatic heterocycles. The standard InChI is InChI=1S/C19H22N4O/c1-12-7-6-8-17(15(12)4)22-18(24)11-23(5)19-16(10-20)13(2)9-14(3)21-19/h6-9H,11H2,1-5H3,(H,22,24). The molecular formula is C19H22N4O. The van der Waals surface area contributed by atoms with Crippen LogP contribution in [0.15, 0.2) is 24.3 Å². The van der Waals surface area contributed by atoms with Crippen molar-refractivity contribution < 1.29 is 4.79 Å². The number of aromatic nitrogens is 1. The van der Waals surface area contributed by atoms with Crippen molar-refractivity contribution in [1.82, 2.24) is 4.98 Å². The van der Waals surface area contributed by atoms with Crippen LogP contribution < -0.4 is 10.2 Å². The molecular weight excluding hydrogens is 300 g/mol. The Kier molecular flexibility index (Phi) is 5.20. The highest BCUT2D eigenvalue weighted by Crippen LogP contribution is 2.21. The molecule has 0 aliphatic rings. The fourth-order valence-electron chi connectivity index (χ4n) is 2.60. The minimum Gasteiger partial charge on any atom is -0.349 e. The molecule has 0 saturated carbocycles. The Morgan fingerprint density at radius 1 is 1.25 bits per heavy atom.